The van der Waals surface area contributed by atoms with Gasteiger partial charge in [-0.3, -0.25) is 4.79 Å². The number of piperidine rings is 3. The first-order valence-electron chi connectivity index (χ1n) is 9.17. The SMILES string of the molecule is C=C(NC1CN2CCC1CC2)C(/C=C\C=O)=C/N(C)c1ccc(Cl)cc1F. The molecule has 144 valence electrons. The van der Waals surface area contributed by atoms with Crippen LogP contribution >= 0.6 is 11.6 Å². The van der Waals surface area contributed by atoms with Crippen molar-refractivity contribution in [2.24, 2.45) is 5.92 Å². The molecule has 1 N–H and O–H groups in total. The van der Waals surface area contributed by atoms with E-state index in [-0.39, 0.29) is 0 Å². The Morgan fingerprint density at radius 1 is 1.41 bits per heavy atom. The van der Waals surface area contributed by atoms with Gasteiger partial charge in [0, 0.05) is 42.1 Å². The molecule has 3 heterocycles. The molecule has 3 aliphatic heterocycles. The first-order valence-corrected chi connectivity index (χ1v) is 9.55. The number of rotatable bonds is 7. The highest BCUT2D eigenvalue weighted by molar-refractivity contribution is 6.30. The summed E-state index contributed by atoms with van der Waals surface area (Å²) < 4.78 is 14.2. The summed E-state index contributed by atoms with van der Waals surface area (Å²) in [4.78, 5) is 14.9. The lowest BCUT2D eigenvalue weighted by Gasteiger charge is -2.45. The monoisotopic (exact) mass is 389 g/mol. The summed E-state index contributed by atoms with van der Waals surface area (Å²) in [7, 11) is 1.75. The zero-order valence-corrected chi connectivity index (χ0v) is 16.3. The third-order valence-electron chi connectivity index (χ3n) is 5.34. The lowest BCUT2D eigenvalue weighted by Crippen LogP contribution is -2.55. The Bertz CT molecular complexity index is 769. The molecular weight excluding hydrogens is 365 g/mol. The topological polar surface area (TPSA) is 35.6 Å². The van der Waals surface area contributed by atoms with Crippen LogP contribution in [0.1, 0.15) is 12.8 Å². The van der Waals surface area contributed by atoms with Crippen molar-refractivity contribution in [1.29, 1.82) is 0 Å². The van der Waals surface area contributed by atoms with Crippen LogP contribution in [0.3, 0.4) is 0 Å². The predicted octanol–water partition coefficient (Wildman–Crippen LogP) is 3.75. The van der Waals surface area contributed by atoms with Gasteiger partial charge in [0.15, 0.2) is 0 Å². The highest BCUT2D eigenvalue weighted by Crippen LogP contribution is 2.29. The van der Waals surface area contributed by atoms with Crippen molar-refractivity contribution in [1.82, 2.24) is 10.2 Å². The van der Waals surface area contributed by atoms with Gasteiger partial charge in [0.2, 0.25) is 0 Å². The second kappa shape index (κ2) is 8.72. The molecule has 27 heavy (non-hydrogen) atoms. The standard InChI is InChI=1S/C21H25ClFN3O/c1-15(24-20-14-26-9-7-16(20)8-10-26)17(4-3-11-27)13-25(2)21-6-5-18(22)12-19(21)23/h3-6,11-13,16,20,24H,1,7-10,14H2,2H3/b4-3-,17-13+. The van der Waals surface area contributed by atoms with Gasteiger partial charge in [-0.2, -0.15) is 0 Å². The number of nitrogens with one attached hydrogen (secondary N) is 1. The van der Waals surface area contributed by atoms with Gasteiger partial charge < -0.3 is 15.1 Å². The van der Waals surface area contributed by atoms with Crippen LogP contribution in [-0.2, 0) is 4.79 Å². The molecule has 4 nitrogen and oxygen atoms in total. The van der Waals surface area contributed by atoms with Gasteiger partial charge in [-0.05, 0) is 62.2 Å². The van der Waals surface area contributed by atoms with E-state index in [2.05, 4.69) is 16.8 Å². The average Bonchev–Trinajstić information content (AvgIpc) is 2.65. The Morgan fingerprint density at radius 2 is 2.15 bits per heavy atom. The lowest BCUT2D eigenvalue weighted by atomic mass is 9.84. The molecule has 0 radical (unpaired) electrons. The molecule has 2 bridgehead atoms. The average molecular weight is 390 g/mol. The number of hydrogen-bond acceptors (Lipinski definition) is 4. The summed E-state index contributed by atoms with van der Waals surface area (Å²) in [5.74, 6) is 0.241. The number of halogens is 2. The normalized spacial score (nSPS) is 24.9. The highest BCUT2D eigenvalue weighted by Gasteiger charge is 2.34. The van der Waals surface area contributed by atoms with Crippen molar-refractivity contribution in [2.45, 2.75) is 18.9 Å². The highest BCUT2D eigenvalue weighted by atomic mass is 35.5. The number of allylic oxidation sites excluding steroid dienone is 2. The minimum absolute atomic E-state index is 0.350. The second-order valence-corrected chi connectivity index (χ2v) is 7.59. The molecule has 1 unspecified atom stereocenters. The van der Waals surface area contributed by atoms with Crippen molar-refractivity contribution in [3.63, 3.8) is 0 Å². The summed E-state index contributed by atoms with van der Waals surface area (Å²) in [5, 5.41) is 3.88. The summed E-state index contributed by atoms with van der Waals surface area (Å²) in [6.45, 7) is 7.51. The molecule has 1 aromatic carbocycles. The molecule has 3 aliphatic rings. The third-order valence-corrected chi connectivity index (χ3v) is 5.58. The summed E-state index contributed by atoms with van der Waals surface area (Å²) in [5.41, 5.74) is 1.86. The molecule has 0 aromatic heterocycles. The van der Waals surface area contributed by atoms with E-state index in [0.717, 1.165) is 24.1 Å². The van der Waals surface area contributed by atoms with Gasteiger partial charge in [0.05, 0.1) is 5.69 Å². The Hall–Kier alpha value is -2.11. The van der Waals surface area contributed by atoms with E-state index in [1.165, 1.54) is 38.1 Å². The van der Waals surface area contributed by atoms with Crippen LogP contribution in [-0.4, -0.2) is 43.9 Å². The van der Waals surface area contributed by atoms with Gasteiger partial charge in [0.25, 0.3) is 0 Å². The molecule has 4 rings (SSSR count). The van der Waals surface area contributed by atoms with Crippen molar-refractivity contribution >= 4 is 23.6 Å². The zero-order chi connectivity index (χ0) is 19.4. The number of benzene rings is 1. The molecule has 3 fully saturated rings. The van der Waals surface area contributed by atoms with E-state index in [4.69, 9.17) is 11.6 Å². The number of carbonyl (C=O) groups excluding carboxylic acids is 1. The van der Waals surface area contributed by atoms with Crippen LogP contribution in [0.5, 0.6) is 0 Å². The number of fused-ring (bicyclic) bond motifs is 3. The van der Waals surface area contributed by atoms with Crippen LogP contribution in [0.25, 0.3) is 0 Å². The molecule has 0 aliphatic carbocycles. The molecule has 0 amide bonds. The summed E-state index contributed by atoms with van der Waals surface area (Å²) in [6, 6.07) is 4.90. The fourth-order valence-electron chi connectivity index (χ4n) is 3.85. The molecule has 1 aromatic rings. The van der Waals surface area contributed by atoms with E-state index >= 15 is 0 Å². The second-order valence-electron chi connectivity index (χ2n) is 7.15. The van der Waals surface area contributed by atoms with E-state index in [9.17, 15) is 9.18 Å². The maximum atomic E-state index is 14.2. The van der Waals surface area contributed by atoms with Gasteiger partial charge in [-0.15, -0.1) is 0 Å². The van der Waals surface area contributed by atoms with E-state index < -0.39 is 5.82 Å². The molecule has 0 saturated carbocycles. The Balaban J connectivity index is 1.77. The predicted molar refractivity (Wildman–Crippen MR) is 108 cm³/mol. The van der Waals surface area contributed by atoms with Crippen molar-refractivity contribution in [3.05, 3.63) is 65.2 Å². The first kappa shape index (κ1) is 19.6. The van der Waals surface area contributed by atoms with E-state index in [1.54, 1.807) is 36.4 Å². The molecule has 1 atom stereocenters. The molecular formula is C21H25ClFN3O. The number of nitrogens with zero attached hydrogens (tertiary/aromatic N) is 2. The Morgan fingerprint density at radius 3 is 2.74 bits per heavy atom. The van der Waals surface area contributed by atoms with Crippen LogP contribution in [0.15, 0.2) is 54.4 Å². The van der Waals surface area contributed by atoms with Crippen molar-refractivity contribution in [2.75, 3.05) is 31.6 Å². The van der Waals surface area contributed by atoms with Crippen LogP contribution < -0.4 is 10.2 Å². The van der Waals surface area contributed by atoms with Crippen LogP contribution in [0.2, 0.25) is 5.02 Å². The number of carbonyl (C=O) groups is 1. The number of aldehydes is 1. The van der Waals surface area contributed by atoms with Gasteiger partial charge in [0.1, 0.15) is 12.1 Å². The lowest BCUT2D eigenvalue weighted by molar-refractivity contribution is -0.104. The fraction of sp³-hybridized carbons (Fsp3) is 0.381. The van der Waals surface area contributed by atoms with E-state index in [1.807, 2.05) is 0 Å². The number of anilines is 1. The van der Waals surface area contributed by atoms with Gasteiger partial charge >= 0.3 is 0 Å². The minimum atomic E-state index is -0.407. The van der Waals surface area contributed by atoms with Gasteiger partial charge in [-0.1, -0.05) is 18.2 Å². The molecule has 0 spiro atoms. The van der Waals surface area contributed by atoms with E-state index in [0.29, 0.717) is 22.7 Å². The maximum absolute atomic E-state index is 14.2. The first-order chi connectivity index (χ1) is 13.0. The molecule has 6 heteroatoms. The summed E-state index contributed by atoms with van der Waals surface area (Å²) >= 11 is 5.83. The summed E-state index contributed by atoms with van der Waals surface area (Å²) in [6.07, 6.45) is 7.99. The van der Waals surface area contributed by atoms with Crippen molar-refractivity contribution in [3.8, 4) is 0 Å². The smallest absolute Gasteiger partial charge is 0.148 e. The largest absolute Gasteiger partial charge is 0.381 e. The Kier molecular flexibility index (Phi) is 6.34. The fourth-order valence-corrected chi connectivity index (χ4v) is 4.00. The van der Waals surface area contributed by atoms with Crippen LogP contribution in [0.4, 0.5) is 10.1 Å². The number of hydrogen-bond donors (Lipinski definition) is 1. The van der Waals surface area contributed by atoms with Crippen LogP contribution in [0, 0.1) is 11.7 Å². The van der Waals surface area contributed by atoms with Crippen molar-refractivity contribution < 1.29 is 9.18 Å². The zero-order valence-electron chi connectivity index (χ0n) is 15.5. The third kappa shape index (κ3) is 4.79. The molecule has 3 saturated heterocycles. The van der Waals surface area contributed by atoms with Gasteiger partial charge in [-0.25, -0.2) is 4.39 Å². The quantitative estimate of drug-likeness (QED) is 0.437. The minimum Gasteiger partial charge on any atom is -0.381 e. The Labute approximate surface area is 165 Å². The maximum Gasteiger partial charge on any atom is 0.148 e.